The molecule has 0 spiro atoms. The second kappa shape index (κ2) is 7.92. The average Bonchev–Trinajstić information content (AvgIpc) is 3.02. The van der Waals surface area contributed by atoms with Crippen LogP contribution in [0, 0.1) is 10.6 Å². The molecule has 0 saturated heterocycles. The molecule has 0 aliphatic carbocycles. The molecule has 0 unspecified atom stereocenters. The SMILES string of the molecule is CCOc1ccc(/C=N\n2c(-c3ccccc3F)n[nH]c2=S)cc1OC. The van der Waals surface area contributed by atoms with Gasteiger partial charge in [0, 0.05) is 0 Å². The molecule has 0 saturated carbocycles. The van der Waals surface area contributed by atoms with E-state index in [1.54, 1.807) is 43.7 Å². The Morgan fingerprint density at radius 3 is 2.81 bits per heavy atom. The maximum Gasteiger partial charge on any atom is 0.216 e. The Morgan fingerprint density at radius 2 is 2.08 bits per heavy atom. The maximum absolute atomic E-state index is 14.1. The van der Waals surface area contributed by atoms with Crippen molar-refractivity contribution in [1.82, 2.24) is 14.9 Å². The van der Waals surface area contributed by atoms with Crippen LogP contribution in [-0.4, -0.2) is 34.8 Å². The molecule has 134 valence electrons. The predicted molar refractivity (Wildman–Crippen MR) is 100.0 cm³/mol. The molecule has 6 nitrogen and oxygen atoms in total. The molecule has 0 bridgehead atoms. The van der Waals surface area contributed by atoms with Crippen LogP contribution in [0.4, 0.5) is 4.39 Å². The molecule has 0 aliphatic rings. The van der Waals surface area contributed by atoms with E-state index in [-0.39, 0.29) is 4.77 Å². The standard InChI is InChI=1S/C18H17FN4O2S/c1-3-25-15-9-8-12(10-16(15)24-2)11-20-23-17(21-22-18(23)26)13-6-4-5-7-14(13)19/h4-11H,3H2,1-2H3,(H,22,26)/b20-11-. The highest BCUT2D eigenvalue weighted by Gasteiger charge is 2.12. The van der Waals surface area contributed by atoms with Crippen LogP contribution in [0.3, 0.4) is 0 Å². The van der Waals surface area contributed by atoms with Gasteiger partial charge in [0.15, 0.2) is 17.3 Å². The highest BCUT2D eigenvalue weighted by molar-refractivity contribution is 7.71. The van der Waals surface area contributed by atoms with Crippen molar-refractivity contribution in [2.24, 2.45) is 5.10 Å². The zero-order valence-electron chi connectivity index (χ0n) is 14.3. The van der Waals surface area contributed by atoms with Crippen molar-refractivity contribution in [3.8, 4) is 22.9 Å². The first-order chi connectivity index (χ1) is 12.6. The molecule has 2 aromatic carbocycles. The van der Waals surface area contributed by atoms with Crippen LogP contribution >= 0.6 is 12.2 Å². The van der Waals surface area contributed by atoms with Gasteiger partial charge in [-0.2, -0.15) is 14.9 Å². The second-order valence-electron chi connectivity index (χ2n) is 5.23. The van der Waals surface area contributed by atoms with Gasteiger partial charge in [0.25, 0.3) is 0 Å². The number of nitrogens with one attached hydrogen (secondary N) is 1. The van der Waals surface area contributed by atoms with Crippen molar-refractivity contribution in [2.45, 2.75) is 6.92 Å². The van der Waals surface area contributed by atoms with Crippen molar-refractivity contribution in [1.29, 1.82) is 0 Å². The number of nitrogens with zero attached hydrogens (tertiary/aromatic N) is 3. The lowest BCUT2D eigenvalue weighted by atomic mass is 10.2. The number of hydrogen-bond acceptors (Lipinski definition) is 5. The summed E-state index contributed by atoms with van der Waals surface area (Å²) in [5, 5.41) is 11.1. The van der Waals surface area contributed by atoms with Crippen molar-refractivity contribution in [3.63, 3.8) is 0 Å². The van der Waals surface area contributed by atoms with Crippen LogP contribution in [0.1, 0.15) is 12.5 Å². The zero-order chi connectivity index (χ0) is 18.5. The van der Waals surface area contributed by atoms with Crippen molar-refractivity contribution < 1.29 is 13.9 Å². The van der Waals surface area contributed by atoms with Crippen LogP contribution in [0.5, 0.6) is 11.5 Å². The molecular formula is C18H17FN4O2S. The predicted octanol–water partition coefficient (Wildman–Crippen LogP) is 4.04. The molecule has 0 atom stereocenters. The normalized spacial score (nSPS) is 11.0. The van der Waals surface area contributed by atoms with E-state index in [0.29, 0.717) is 29.5 Å². The molecule has 0 fully saturated rings. The van der Waals surface area contributed by atoms with E-state index in [1.807, 2.05) is 13.0 Å². The van der Waals surface area contributed by atoms with Gasteiger partial charge in [0.2, 0.25) is 4.77 Å². The summed E-state index contributed by atoms with van der Waals surface area (Å²) in [6.45, 7) is 2.44. The molecule has 26 heavy (non-hydrogen) atoms. The fourth-order valence-electron chi connectivity index (χ4n) is 2.38. The number of methoxy groups -OCH3 is 1. The molecule has 0 radical (unpaired) electrons. The number of halogens is 1. The van der Waals surface area contributed by atoms with Crippen molar-refractivity contribution in [2.75, 3.05) is 13.7 Å². The quantitative estimate of drug-likeness (QED) is 0.524. The Labute approximate surface area is 154 Å². The first-order valence-corrected chi connectivity index (χ1v) is 8.32. The van der Waals surface area contributed by atoms with Gasteiger partial charge in [-0.05, 0) is 55.0 Å². The molecular weight excluding hydrogens is 355 g/mol. The number of aromatic nitrogens is 3. The Morgan fingerprint density at radius 1 is 1.27 bits per heavy atom. The molecule has 1 N–H and O–H groups in total. The minimum absolute atomic E-state index is 0.261. The third-order valence-corrected chi connectivity index (χ3v) is 3.84. The van der Waals surface area contributed by atoms with Gasteiger partial charge in [-0.3, -0.25) is 0 Å². The van der Waals surface area contributed by atoms with E-state index in [1.165, 1.54) is 10.7 Å². The van der Waals surface area contributed by atoms with Crippen molar-refractivity contribution in [3.05, 3.63) is 58.6 Å². The number of rotatable bonds is 6. The Hall–Kier alpha value is -3.00. The number of H-pyrrole nitrogens is 1. The lowest BCUT2D eigenvalue weighted by Gasteiger charge is -2.09. The fraction of sp³-hybridized carbons (Fsp3) is 0.167. The fourth-order valence-corrected chi connectivity index (χ4v) is 2.56. The zero-order valence-corrected chi connectivity index (χ0v) is 15.1. The minimum atomic E-state index is -0.402. The third kappa shape index (κ3) is 3.65. The first kappa shape index (κ1) is 17.8. The van der Waals surface area contributed by atoms with E-state index in [9.17, 15) is 4.39 Å². The van der Waals surface area contributed by atoms with Crippen molar-refractivity contribution >= 4 is 18.4 Å². The van der Waals surface area contributed by atoms with E-state index in [4.69, 9.17) is 21.7 Å². The molecule has 1 heterocycles. The van der Waals surface area contributed by atoms with E-state index < -0.39 is 5.82 Å². The highest BCUT2D eigenvalue weighted by atomic mass is 32.1. The van der Waals surface area contributed by atoms with E-state index in [0.717, 1.165) is 5.56 Å². The smallest absolute Gasteiger partial charge is 0.216 e. The Balaban J connectivity index is 1.96. The molecule has 0 aliphatic heterocycles. The summed E-state index contributed by atoms with van der Waals surface area (Å²) in [6, 6.07) is 11.7. The summed E-state index contributed by atoms with van der Waals surface area (Å²) in [5.41, 5.74) is 1.08. The molecule has 8 heteroatoms. The number of benzene rings is 2. The van der Waals surface area contributed by atoms with E-state index >= 15 is 0 Å². The molecule has 3 aromatic rings. The van der Waals surface area contributed by atoms with Gasteiger partial charge >= 0.3 is 0 Å². The van der Waals surface area contributed by atoms with Gasteiger partial charge in [0.05, 0.1) is 25.5 Å². The summed E-state index contributed by atoms with van der Waals surface area (Å²) >= 11 is 5.20. The third-order valence-electron chi connectivity index (χ3n) is 3.57. The van der Waals surface area contributed by atoms with Gasteiger partial charge < -0.3 is 9.47 Å². The minimum Gasteiger partial charge on any atom is -0.493 e. The summed E-state index contributed by atoms with van der Waals surface area (Å²) in [7, 11) is 1.57. The van der Waals surface area contributed by atoms with Gasteiger partial charge in [0.1, 0.15) is 5.82 Å². The van der Waals surface area contributed by atoms with Gasteiger partial charge in [-0.15, -0.1) is 0 Å². The number of aromatic amines is 1. The Kier molecular flexibility index (Phi) is 5.43. The topological polar surface area (TPSA) is 64.4 Å². The largest absolute Gasteiger partial charge is 0.493 e. The van der Waals surface area contributed by atoms with E-state index in [2.05, 4.69) is 15.3 Å². The van der Waals surface area contributed by atoms with Crippen LogP contribution in [0.15, 0.2) is 47.6 Å². The maximum atomic E-state index is 14.1. The molecule has 0 amide bonds. The summed E-state index contributed by atoms with van der Waals surface area (Å²) in [4.78, 5) is 0. The van der Waals surface area contributed by atoms with Gasteiger partial charge in [-0.25, -0.2) is 9.49 Å². The summed E-state index contributed by atoms with van der Waals surface area (Å²) in [5.74, 6) is 1.14. The van der Waals surface area contributed by atoms with Crippen LogP contribution in [-0.2, 0) is 0 Å². The summed E-state index contributed by atoms with van der Waals surface area (Å²) < 4.78 is 26.5. The van der Waals surface area contributed by atoms with Gasteiger partial charge in [-0.1, -0.05) is 12.1 Å². The molecule has 1 aromatic heterocycles. The van der Waals surface area contributed by atoms with Crippen LogP contribution in [0.2, 0.25) is 0 Å². The highest BCUT2D eigenvalue weighted by Crippen LogP contribution is 2.27. The average molecular weight is 372 g/mol. The molecule has 3 rings (SSSR count). The summed E-state index contributed by atoms with van der Waals surface area (Å²) in [6.07, 6.45) is 1.59. The van der Waals surface area contributed by atoms with Crippen LogP contribution < -0.4 is 9.47 Å². The number of hydrogen-bond donors (Lipinski definition) is 1. The number of ether oxygens (including phenoxy) is 2. The Bertz CT molecular complexity index is 997. The second-order valence-corrected chi connectivity index (χ2v) is 5.62. The lowest BCUT2D eigenvalue weighted by Crippen LogP contribution is -1.98. The monoisotopic (exact) mass is 372 g/mol. The van der Waals surface area contributed by atoms with Crippen LogP contribution in [0.25, 0.3) is 11.4 Å². The first-order valence-electron chi connectivity index (χ1n) is 7.91. The lowest BCUT2D eigenvalue weighted by molar-refractivity contribution is 0.311.